The van der Waals surface area contributed by atoms with Gasteiger partial charge in [0.1, 0.15) is 13.1 Å². The molecular weight excluding hydrogens is 518 g/mol. The number of likely N-dealkylation sites (N-methyl/N-ethyl adjacent to an activating group) is 1. The van der Waals surface area contributed by atoms with Gasteiger partial charge >= 0.3 is 0 Å². The highest BCUT2D eigenvalue weighted by Gasteiger charge is 2.52. The van der Waals surface area contributed by atoms with E-state index < -0.39 is 17.6 Å². The number of morpholine rings is 1. The monoisotopic (exact) mass is 547 g/mol. The zero-order valence-corrected chi connectivity index (χ0v) is 22.6. The van der Waals surface area contributed by atoms with Crippen molar-refractivity contribution in [2.75, 3.05) is 33.4 Å². The molecule has 8 heteroatoms. The van der Waals surface area contributed by atoms with Crippen molar-refractivity contribution in [3.63, 3.8) is 0 Å². The number of nitrogens with one attached hydrogen (secondary N) is 2. The van der Waals surface area contributed by atoms with Crippen molar-refractivity contribution in [3.05, 3.63) is 117 Å². The molecule has 3 N–H and O–H groups in total. The van der Waals surface area contributed by atoms with E-state index in [1.54, 1.807) is 77.7 Å². The van der Waals surface area contributed by atoms with Crippen molar-refractivity contribution >= 4 is 30.0 Å². The fourth-order valence-electron chi connectivity index (χ4n) is 4.84. The predicted octanol–water partition coefficient (Wildman–Crippen LogP) is 3.18. The number of ether oxygens (including phenoxy) is 1. The van der Waals surface area contributed by atoms with Gasteiger partial charge in [0.05, 0.1) is 32.2 Å². The summed E-state index contributed by atoms with van der Waals surface area (Å²) in [7, 11) is 2.20. The molecule has 196 valence electrons. The predicted molar refractivity (Wildman–Crippen MR) is 149 cm³/mol. The summed E-state index contributed by atoms with van der Waals surface area (Å²) in [5.41, 5.74) is -0.187. The molecule has 1 fully saturated rings. The van der Waals surface area contributed by atoms with Crippen LogP contribution >= 0.6 is 11.6 Å². The Morgan fingerprint density at radius 2 is 1.63 bits per heavy atom. The van der Waals surface area contributed by atoms with E-state index >= 15 is 0 Å². The van der Waals surface area contributed by atoms with Crippen molar-refractivity contribution in [2.45, 2.75) is 11.6 Å². The molecule has 3 aromatic carbocycles. The molecule has 2 aliphatic heterocycles. The van der Waals surface area contributed by atoms with E-state index in [-0.39, 0.29) is 16.4 Å². The average Bonchev–Trinajstić information content (AvgIpc) is 2.94. The number of nitrogens with zero attached hydrogens (tertiary/aromatic N) is 1. The molecule has 0 spiro atoms. The van der Waals surface area contributed by atoms with Crippen molar-refractivity contribution in [1.29, 1.82) is 5.26 Å². The SMILES string of the molecule is C[NH+]1CCOCC1.N#CC1=C([S-])NC(O)(c2ccccc2)C(C(=O)c2ccccc2)C1c1ccccc1Cl. The summed E-state index contributed by atoms with van der Waals surface area (Å²) < 4.78 is 5.12. The Morgan fingerprint density at radius 3 is 2.18 bits per heavy atom. The normalized spacial score (nSPS) is 23.4. The number of nitriles is 1. The Hall–Kier alpha value is -3.25. The first kappa shape index (κ1) is 27.8. The first-order valence-corrected chi connectivity index (χ1v) is 13.3. The number of allylic oxidation sites excluding steroid dienone is 1. The number of carbonyl (C=O) groups excluding carboxylic acids is 1. The molecule has 5 rings (SSSR count). The molecule has 38 heavy (non-hydrogen) atoms. The number of Topliss-reactive ketones (excluding diaryl/α,β-unsaturated/α-hetero) is 1. The molecular formula is C30H30ClN3O3S. The molecule has 0 aliphatic carbocycles. The van der Waals surface area contributed by atoms with Crippen LogP contribution in [0.1, 0.15) is 27.4 Å². The van der Waals surface area contributed by atoms with Crippen LogP contribution in [0.15, 0.2) is 95.5 Å². The molecule has 1 saturated heterocycles. The largest absolute Gasteiger partial charge is 0.762 e. The van der Waals surface area contributed by atoms with Crippen LogP contribution in [0.5, 0.6) is 0 Å². The number of rotatable bonds is 4. The third kappa shape index (κ3) is 5.91. The molecule has 2 heterocycles. The molecule has 0 saturated carbocycles. The minimum Gasteiger partial charge on any atom is -0.762 e. The van der Waals surface area contributed by atoms with Crippen LogP contribution in [0.3, 0.4) is 0 Å². The highest BCUT2D eigenvalue weighted by Crippen LogP contribution is 2.49. The second-order valence-corrected chi connectivity index (χ2v) is 10.2. The Morgan fingerprint density at radius 1 is 1.05 bits per heavy atom. The summed E-state index contributed by atoms with van der Waals surface area (Å²) in [6.45, 7) is 4.26. The summed E-state index contributed by atoms with van der Waals surface area (Å²) in [4.78, 5) is 15.4. The van der Waals surface area contributed by atoms with Gasteiger partial charge in [-0.25, -0.2) is 0 Å². The number of hydrogen-bond acceptors (Lipinski definition) is 6. The quantitative estimate of drug-likeness (QED) is 0.343. The number of benzene rings is 3. The molecule has 6 nitrogen and oxygen atoms in total. The lowest BCUT2D eigenvalue weighted by molar-refractivity contribution is -0.888. The number of quaternary nitrogens is 1. The zero-order valence-electron chi connectivity index (χ0n) is 21.1. The average molecular weight is 548 g/mol. The minimum atomic E-state index is -1.84. The summed E-state index contributed by atoms with van der Waals surface area (Å²) in [6, 6.07) is 26.7. The van der Waals surface area contributed by atoms with Crippen molar-refractivity contribution in [1.82, 2.24) is 5.32 Å². The van der Waals surface area contributed by atoms with E-state index in [0.717, 1.165) is 13.2 Å². The molecule has 0 amide bonds. The van der Waals surface area contributed by atoms with E-state index in [1.807, 2.05) is 12.1 Å². The Kier molecular flexibility index (Phi) is 9.16. The fraction of sp³-hybridized carbons (Fsp3) is 0.267. The van der Waals surface area contributed by atoms with E-state index in [2.05, 4.69) is 18.4 Å². The topological polar surface area (TPSA) is 86.8 Å². The lowest BCUT2D eigenvalue weighted by atomic mass is 9.68. The van der Waals surface area contributed by atoms with Crippen molar-refractivity contribution in [2.24, 2.45) is 5.92 Å². The van der Waals surface area contributed by atoms with Gasteiger partial charge in [0.2, 0.25) is 0 Å². The van der Waals surface area contributed by atoms with Gasteiger partial charge in [0.15, 0.2) is 11.5 Å². The van der Waals surface area contributed by atoms with E-state index in [0.29, 0.717) is 21.7 Å². The zero-order chi connectivity index (χ0) is 27.1. The molecule has 0 radical (unpaired) electrons. The molecule has 3 aromatic rings. The number of aliphatic hydroxyl groups is 1. The lowest BCUT2D eigenvalue weighted by Crippen LogP contribution is -3.11. The lowest BCUT2D eigenvalue weighted by Gasteiger charge is -2.48. The summed E-state index contributed by atoms with van der Waals surface area (Å²) in [6.07, 6.45) is 0. The summed E-state index contributed by atoms with van der Waals surface area (Å²) >= 11 is 12.0. The first-order valence-electron chi connectivity index (χ1n) is 12.5. The van der Waals surface area contributed by atoms with Gasteiger partial charge < -0.3 is 32.7 Å². The maximum Gasteiger partial charge on any atom is 0.172 e. The van der Waals surface area contributed by atoms with Gasteiger partial charge in [-0.05, 0) is 11.6 Å². The fourth-order valence-corrected chi connectivity index (χ4v) is 5.42. The van der Waals surface area contributed by atoms with Crippen LogP contribution in [-0.4, -0.2) is 44.2 Å². The maximum atomic E-state index is 13.8. The molecule has 3 unspecified atom stereocenters. The van der Waals surface area contributed by atoms with Gasteiger partial charge in [0.25, 0.3) is 0 Å². The highest BCUT2D eigenvalue weighted by atomic mass is 35.5. The van der Waals surface area contributed by atoms with E-state index in [1.165, 1.54) is 13.1 Å². The van der Waals surface area contributed by atoms with Crippen LogP contribution in [-0.2, 0) is 23.1 Å². The van der Waals surface area contributed by atoms with Gasteiger partial charge in [-0.15, -0.1) is 0 Å². The van der Waals surface area contributed by atoms with Crippen LogP contribution in [0.4, 0.5) is 0 Å². The maximum absolute atomic E-state index is 13.8. The van der Waals surface area contributed by atoms with Crippen LogP contribution in [0, 0.1) is 17.2 Å². The number of carbonyl (C=O) groups is 1. The second-order valence-electron chi connectivity index (χ2n) is 9.39. The van der Waals surface area contributed by atoms with Gasteiger partial charge in [-0.3, -0.25) is 4.79 Å². The number of hydrogen-bond donors (Lipinski definition) is 3. The number of halogens is 1. The smallest absolute Gasteiger partial charge is 0.172 e. The van der Waals surface area contributed by atoms with E-state index in [4.69, 9.17) is 29.0 Å². The highest BCUT2D eigenvalue weighted by molar-refractivity contribution is 7.63. The molecule has 3 atom stereocenters. The Balaban J connectivity index is 0.000000417. The third-order valence-corrected chi connectivity index (χ3v) is 7.57. The Bertz CT molecular complexity index is 1320. The standard InChI is InChI=1S/C25H19ClN2O2S.C5H11NO/c26-20-14-8-7-13-18(20)21-19(15-27)24(31)28-25(30,17-11-5-2-6-12-17)22(21)23(29)16-9-3-1-4-10-16;1-6-2-4-7-5-3-6/h1-14,21-22,28,30-31H;2-5H2,1H3. The Labute approximate surface area is 233 Å². The van der Waals surface area contributed by atoms with Crippen LogP contribution < -0.4 is 10.2 Å². The second kappa shape index (κ2) is 12.5. The molecule has 0 aromatic heterocycles. The van der Waals surface area contributed by atoms with Gasteiger partial charge in [0, 0.05) is 27.6 Å². The number of ketones is 1. The van der Waals surface area contributed by atoms with Gasteiger partial charge in [-0.2, -0.15) is 5.26 Å². The summed E-state index contributed by atoms with van der Waals surface area (Å²) in [5.74, 6) is -2.23. The summed E-state index contributed by atoms with van der Waals surface area (Å²) in [5, 5.41) is 25.3. The van der Waals surface area contributed by atoms with Crippen LogP contribution in [0.2, 0.25) is 5.02 Å². The minimum absolute atomic E-state index is 0.0934. The van der Waals surface area contributed by atoms with Gasteiger partial charge in [-0.1, -0.05) is 95.5 Å². The first-order chi connectivity index (χ1) is 18.4. The van der Waals surface area contributed by atoms with Crippen LogP contribution in [0.25, 0.3) is 0 Å². The van der Waals surface area contributed by atoms with Crippen molar-refractivity contribution in [3.8, 4) is 6.07 Å². The van der Waals surface area contributed by atoms with E-state index in [9.17, 15) is 15.2 Å². The third-order valence-electron chi connectivity index (χ3n) is 6.90. The van der Waals surface area contributed by atoms with Crippen molar-refractivity contribution < 1.29 is 19.5 Å². The molecule has 2 aliphatic rings. The molecule has 0 bridgehead atoms.